The molecule has 1 atom stereocenters. The summed E-state index contributed by atoms with van der Waals surface area (Å²) in [4.78, 5) is 19.0. The van der Waals surface area contributed by atoms with Crippen molar-refractivity contribution in [2.24, 2.45) is 11.7 Å². The van der Waals surface area contributed by atoms with Gasteiger partial charge in [0.25, 0.3) is 5.91 Å². The van der Waals surface area contributed by atoms with Crippen molar-refractivity contribution >= 4 is 11.7 Å². The van der Waals surface area contributed by atoms with Crippen LogP contribution >= 0.6 is 0 Å². The van der Waals surface area contributed by atoms with Crippen LogP contribution in [0.4, 0.5) is 5.82 Å². The standard InChI is InChI=1S/C15H22N4O2/c16-10-13(11-3-4-11)18-15(20)12-2-1-5-17-14(12)19-6-8-21-9-7-19/h1-2,5,11,13H,3-4,6-10,16H2,(H,18,20). The predicted octanol–water partition coefficient (Wildman–Crippen LogP) is 0.385. The molecule has 1 saturated carbocycles. The minimum atomic E-state index is -0.0769. The maximum atomic E-state index is 12.5. The fourth-order valence-corrected chi connectivity index (χ4v) is 2.72. The number of pyridine rings is 1. The third-order valence-electron chi connectivity index (χ3n) is 4.10. The summed E-state index contributed by atoms with van der Waals surface area (Å²) in [5.41, 5.74) is 6.39. The molecule has 21 heavy (non-hydrogen) atoms. The number of nitrogens with two attached hydrogens (primary N) is 1. The van der Waals surface area contributed by atoms with E-state index in [1.807, 2.05) is 6.07 Å². The SMILES string of the molecule is NCC(NC(=O)c1cccnc1N1CCOCC1)C1CC1. The molecule has 1 amide bonds. The Morgan fingerprint density at radius 3 is 2.90 bits per heavy atom. The number of hydrogen-bond donors (Lipinski definition) is 2. The number of nitrogens with one attached hydrogen (secondary N) is 1. The lowest BCUT2D eigenvalue weighted by molar-refractivity contribution is 0.0931. The number of aromatic nitrogens is 1. The normalized spacial score (nSPS) is 20.1. The van der Waals surface area contributed by atoms with E-state index in [-0.39, 0.29) is 11.9 Å². The van der Waals surface area contributed by atoms with E-state index in [2.05, 4.69) is 15.2 Å². The number of morpholine rings is 1. The van der Waals surface area contributed by atoms with E-state index < -0.39 is 0 Å². The van der Waals surface area contributed by atoms with Gasteiger partial charge in [-0.1, -0.05) is 0 Å². The van der Waals surface area contributed by atoms with E-state index in [9.17, 15) is 4.79 Å². The summed E-state index contributed by atoms with van der Waals surface area (Å²) in [5.74, 6) is 1.21. The predicted molar refractivity (Wildman–Crippen MR) is 80.3 cm³/mol. The first-order chi connectivity index (χ1) is 10.3. The average Bonchev–Trinajstić information content (AvgIpc) is 3.38. The molecule has 6 nitrogen and oxygen atoms in total. The Balaban J connectivity index is 1.75. The zero-order chi connectivity index (χ0) is 14.7. The van der Waals surface area contributed by atoms with Gasteiger partial charge in [0.2, 0.25) is 0 Å². The fourth-order valence-electron chi connectivity index (χ4n) is 2.72. The van der Waals surface area contributed by atoms with E-state index >= 15 is 0 Å². The Morgan fingerprint density at radius 2 is 2.24 bits per heavy atom. The number of carbonyl (C=O) groups is 1. The highest BCUT2D eigenvalue weighted by molar-refractivity contribution is 5.99. The van der Waals surface area contributed by atoms with E-state index in [1.54, 1.807) is 12.3 Å². The number of anilines is 1. The van der Waals surface area contributed by atoms with Crippen molar-refractivity contribution in [3.05, 3.63) is 23.9 Å². The van der Waals surface area contributed by atoms with Crippen LogP contribution in [0.3, 0.4) is 0 Å². The van der Waals surface area contributed by atoms with Crippen molar-refractivity contribution < 1.29 is 9.53 Å². The lowest BCUT2D eigenvalue weighted by Crippen LogP contribution is -2.43. The molecular formula is C15H22N4O2. The first-order valence-electron chi connectivity index (χ1n) is 7.58. The fraction of sp³-hybridized carbons (Fsp3) is 0.600. The zero-order valence-corrected chi connectivity index (χ0v) is 12.1. The lowest BCUT2D eigenvalue weighted by Gasteiger charge is -2.29. The molecule has 0 spiro atoms. The summed E-state index contributed by atoms with van der Waals surface area (Å²) < 4.78 is 5.36. The van der Waals surface area contributed by atoms with Gasteiger partial charge in [0.1, 0.15) is 5.82 Å². The Bertz CT molecular complexity index is 498. The molecule has 0 radical (unpaired) electrons. The van der Waals surface area contributed by atoms with Gasteiger partial charge in [-0.15, -0.1) is 0 Å². The van der Waals surface area contributed by atoms with Crippen molar-refractivity contribution in [2.75, 3.05) is 37.7 Å². The van der Waals surface area contributed by atoms with E-state index in [0.717, 1.165) is 31.7 Å². The topological polar surface area (TPSA) is 80.5 Å². The number of rotatable bonds is 5. The number of ether oxygens (including phenoxy) is 1. The second kappa shape index (κ2) is 6.41. The third-order valence-corrected chi connectivity index (χ3v) is 4.10. The number of nitrogens with zero attached hydrogens (tertiary/aromatic N) is 2. The molecule has 1 aromatic heterocycles. The van der Waals surface area contributed by atoms with Gasteiger partial charge in [-0.05, 0) is 30.9 Å². The highest BCUT2D eigenvalue weighted by atomic mass is 16.5. The van der Waals surface area contributed by atoms with Crippen LogP contribution in [0, 0.1) is 5.92 Å². The molecule has 2 fully saturated rings. The molecule has 3 N–H and O–H groups in total. The Kier molecular flexibility index (Phi) is 4.36. The van der Waals surface area contributed by atoms with Gasteiger partial charge < -0.3 is 20.7 Å². The first kappa shape index (κ1) is 14.3. The van der Waals surface area contributed by atoms with Crippen LogP contribution in [0.25, 0.3) is 0 Å². The van der Waals surface area contributed by atoms with Crippen molar-refractivity contribution in [3.8, 4) is 0 Å². The van der Waals surface area contributed by atoms with Crippen LogP contribution in [0.2, 0.25) is 0 Å². The third kappa shape index (κ3) is 3.33. The van der Waals surface area contributed by atoms with E-state index in [4.69, 9.17) is 10.5 Å². The molecule has 1 aliphatic heterocycles. The molecular weight excluding hydrogens is 268 g/mol. The summed E-state index contributed by atoms with van der Waals surface area (Å²) in [6.45, 7) is 3.36. The molecule has 2 aliphatic rings. The average molecular weight is 290 g/mol. The Hall–Kier alpha value is -1.66. The second-order valence-electron chi connectivity index (χ2n) is 5.63. The van der Waals surface area contributed by atoms with Gasteiger partial charge in [-0.3, -0.25) is 4.79 Å². The molecule has 0 aromatic carbocycles. The summed E-state index contributed by atoms with van der Waals surface area (Å²) in [5, 5.41) is 3.06. The van der Waals surface area contributed by atoms with Crippen LogP contribution in [0.15, 0.2) is 18.3 Å². The Morgan fingerprint density at radius 1 is 1.48 bits per heavy atom. The molecule has 3 rings (SSSR count). The molecule has 1 saturated heterocycles. The van der Waals surface area contributed by atoms with Gasteiger partial charge in [0, 0.05) is 31.9 Å². The van der Waals surface area contributed by atoms with Crippen LogP contribution < -0.4 is 16.0 Å². The minimum Gasteiger partial charge on any atom is -0.378 e. The summed E-state index contributed by atoms with van der Waals surface area (Å²) >= 11 is 0. The van der Waals surface area contributed by atoms with Crippen molar-refractivity contribution in [1.29, 1.82) is 0 Å². The molecule has 1 aromatic rings. The summed E-state index contributed by atoms with van der Waals surface area (Å²) in [6, 6.07) is 3.70. The first-order valence-corrected chi connectivity index (χ1v) is 7.58. The maximum Gasteiger partial charge on any atom is 0.255 e. The number of hydrogen-bond acceptors (Lipinski definition) is 5. The van der Waals surface area contributed by atoms with Crippen LogP contribution in [-0.2, 0) is 4.74 Å². The number of carbonyl (C=O) groups excluding carboxylic acids is 1. The largest absolute Gasteiger partial charge is 0.378 e. The molecule has 1 aliphatic carbocycles. The van der Waals surface area contributed by atoms with Gasteiger partial charge in [0.05, 0.1) is 18.8 Å². The van der Waals surface area contributed by atoms with Crippen LogP contribution in [0.5, 0.6) is 0 Å². The van der Waals surface area contributed by atoms with E-state index in [0.29, 0.717) is 31.2 Å². The molecule has 2 heterocycles. The van der Waals surface area contributed by atoms with Crippen molar-refractivity contribution in [3.63, 3.8) is 0 Å². The molecule has 0 bridgehead atoms. The quantitative estimate of drug-likeness (QED) is 0.820. The van der Waals surface area contributed by atoms with Crippen LogP contribution in [-0.4, -0.2) is 49.8 Å². The zero-order valence-electron chi connectivity index (χ0n) is 12.1. The van der Waals surface area contributed by atoms with Crippen molar-refractivity contribution in [1.82, 2.24) is 10.3 Å². The van der Waals surface area contributed by atoms with Gasteiger partial charge in [-0.2, -0.15) is 0 Å². The molecule has 114 valence electrons. The molecule has 1 unspecified atom stereocenters. The monoisotopic (exact) mass is 290 g/mol. The Labute approximate surface area is 124 Å². The maximum absolute atomic E-state index is 12.5. The highest BCUT2D eigenvalue weighted by Gasteiger charge is 2.32. The second-order valence-corrected chi connectivity index (χ2v) is 5.63. The van der Waals surface area contributed by atoms with Gasteiger partial charge >= 0.3 is 0 Å². The lowest BCUT2D eigenvalue weighted by atomic mass is 10.1. The van der Waals surface area contributed by atoms with Gasteiger partial charge in [-0.25, -0.2) is 4.98 Å². The summed E-state index contributed by atoms with van der Waals surface area (Å²) in [7, 11) is 0. The van der Waals surface area contributed by atoms with E-state index in [1.165, 1.54) is 0 Å². The minimum absolute atomic E-state index is 0.0769. The number of amides is 1. The van der Waals surface area contributed by atoms with Crippen molar-refractivity contribution in [2.45, 2.75) is 18.9 Å². The molecule has 6 heteroatoms. The van der Waals surface area contributed by atoms with Crippen LogP contribution in [0.1, 0.15) is 23.2 Å². The highest BCUT2D eigenvalue weighted by Crippen LogP contribution is 2.32. The summed E-state index contributed by atoms with van der Waals surface area (Å²) in [6.07, 6.45) is 4.04. The smallest absolute Gasteiger partial charge is 0.255 e. The van der Waals surface area contributed by atoms with Gasteiger partial charge in [0.15, 0.2) is 0 Å².